The highest BCUT2D eigenvalue weighted by molar-refractivity contribution is 6.31. The SMILES string of the molecule is NC1c2c(Cl)cccc2CN2CCC[C@@H]12. The van der Waals surface area contributed by atoms with Gasteiger partial charge in [-0.2, -0.15) is 0 Å². The standard InChI is InChI=1S/C12H15ClN2/c13-9-4-1-3-8-7-15-6-2-5-10(15)12(14)11(8)9/h1,3-4,10,12H,2,5-7,14H2/t10-,12?/m0/s1. The zero-order chi connectivity index (χ0) is 10.4. The molecular weight excluding hydrogens is 208 g/mol. The fourth-order valence-electron chi connectivity index (χ4n) is 2.96. The first-order valence-corrected chi connectivity index (χ1v) is 5.92. The van der Waals surface area contributed by atoms with E-state index in [0.717, 1.165) is 11.6 Å². The molecule has 2 aliphatic heterocycles. The lowest BCUT2D eigenvalue weighted by Crippen LogP contribution is -2.42. The Balaban J connectivity index is 2.08. The van der Waals surface area contributed by atoms with Crippen LogP contribution < -0.4 is 5.73 Å². The lowest BCUT2D eigenvalue weighted by atomic mass is 9.90. The van der Waals surface area contributed by atoms with Gasteiger partial charge < -0.3 is 5.73 Å². The number of hydrogen-bond acceptors (Lipinski definition) is 2. The molecule has 0 radical (unpaired) electrons. The fourth-order valence-corrected chi connectivity index (χ4v) is 3.28. The summed E-state index contributed by atoms with van der Waals surface area (Å²) in [4.78, 5) is 2.49. The maximum atomic E-state index is 6.31. The van der Waals surface area contributed by atoms with Crippen LogP contribution in [-0.4, -0.2) is 17.5 Å². The predicted molar refractivity (Wildman–Crippen MR) is 61.8 cm³/mol. The summed E-state index contributed by atoms with van der Waals surface area (Å²) in [5, 5.41) is 0.839. The van der Waals surface area contributed by atoms with E-state index in [0.29, 0.717) is 6.04 Å². The predicted octanol–water partition coefficient (Wildman–Crippen LogP) is 2.32. The van der Waals surface area contributed by atoms with Gasteiger partial charge in [-0.15, -0.1) is 0 Å². The zero-order valence-electron chi connectivity index (χ0n) is 8.62. The molecule has 0 bridgehead atoms. The van der Waals surface area contributed by atoms with Crippen LogP contribution >= 0.6 is 11.6 Å². The molecule has 15 heavy (non-hydrogen) atoms. The van der Waals surface area contributed by atoms with Crippen molar-refractivity contribution in [2.24, 2.45) is 5.73 Å². The molecule has 1 fully saturated rings. The molecular formula is C12H15ClN2. The van der Waals surface area contributed by atoms with Gasteiger partial charge in [0, 0.05) is 23.7 Å². The first-order chi connectivity index (χ1) is 7.27. The maximum Gasteiger partial charge on any atom is 0.0471 e. The topological polar surface area (TPSA) is 29.3 Å². The largest absolute Gasteiger partial charge is 0.323 e. The average Bonchev–Trinajstić information content (AvgIpc) is 2.66. The average molecular weight is 223 g/mol. The van der Waals surface area contributed by atoms with E-state index in [4.69, 9.17) is 17.3 Å². The second kappa shape index (κ2) is 3.48. The third-order valence-corrected chi connectivity index (χ3v) is 4.01. The third-order valence-electron chi connectivity index (χ3n) is 3.68. The van der Waals surface area contributed by atoms with Crippen molar-refractivity contribution in [2.45, 2.75) is 31.5 Å². The van der Waals surface area contributed by atoms with Gasteiger partial charge in [-0.1, -0.05) is 23.7 Å². The van der Waals surface area contributed by atoms with Crippen LogP contribution in [0.2, 0.25) is 5.02 Å². The summed E-state index contributed by atoms with van der Waals surface area (Å²) >= 11 is 6.23. The molecule has 2 heterocycles. The molecule has 80 valence electrons. The van der Waals surface area contributed by atoms with E-state index in [-0.39, 0.29) is 6.04 Å². The summed E-state index contributed by atoms with van der Waals surface area (Å²) < 4.78 is 0. The molecule has 0 spiro atoms. The minimum absolute atomic E-state index is 0.102. The Hall–Kier alpha value is -0.570. The summed E-state index contributed by atoms with van der Waals surface area (Å²) in [7, 11) is 0. The van der Waals surface area contributed by atoms with E-state index < -0.39 is 0 Å². The Kier molecular flexibility index (Phi) is 2.23. The minimum atomic E-state index is 0.102. The Morgan fingerprint density at radius 2 is 2.27 bits per heavy atom. The van der Waals surface area contributed by atoms with Gasteiger partial charge >= 0.3 is 0 Å². The fraction of sp³-hybridized carbons (Fsp3) is 0.500. The lowest BCUT2D eigenvalue weighted by molar-refractivity contribution is 0.197. The molecule has 0 amide bonds. The monoisotopic (exact) mass is 222 g/mol. The molecule has 3 rings (SSSR count). The van der Waals surface area contributed by atoms with Crippen LogP contribution in [0.3, 0.4) is 0 Å². The van der Waals surface area contributed by atoms with Crippen LogP contribution in [0, 0.1) is 0 Å². The molecule has 1 aromatic rings. The first kappa shape index (κ1) is 9.64. The van der Waals surface area contributed by atoms with Gasteiger partial charge in [-0.3, -0.25) is 4.90 Å². The quantitative estimate of drug-likeness (QED) is 0.730. The van der Waals surface area contributed by atoms with E-state index >= 15 is 0 Å². The molecule has 0 aliphatic carbocycles. The molecule has 2 aliphatic rings. The van der Waals surface area contributed by atoms with Crippen molar-refractivity contribution in [1.29, 1.82) is 0 Å². The Morgan fingerprint density at radius 3 is 3.13 bits per heavy atom. The molecule has 0 aromatic heterocycles. The van der Waals surface area contributed by atoms with Crippen molar-refractivity contribution < 1.29 is 0 Å². The van der Waals surface area contributed by atoms with Crippen molar-refractivity contribution in [2.75, 3.05) is 6.54 Å². The van der Waals surface area contributed by atoms with Gasteiger partial charge in [0.15, 0.2) is 0 Å². The number of rotatable bonds is 0. The minimum Gasteiger partial charge on any atom is -0.323 e. The normalized spacial score (nSPS) is 30.0. The smallest absolute Gasteiger partial charge is 0.0471 e. The number of halogens is 1. The molecule has 0 saturated carbocycles. The van der Waals surface area contributed by atoms with Crippen molar-refractivity contribution in [1.82, 2.24) is 4.90 Å². The Morgan fingerprint density at radius 1 is 1.40 bits per heavy atom. The number of hydrogen-bond donors (Lipinski definition) is 1. The Bertz CT molecular complexity index is 391. The van der Waals surface area contributed by atoms with Crippen LogP contribution in [-0.2, 0) is 6.54 Å². The van der Waals surface area contributed by atoms with Crippen LogP contribution in [0.25, 0.3) is 0 Å². The summed E-state index contributed by atoms with van der Waals surface area (Å²) in [5.74, 6) is 0. The van der Waals surface area contributed by atoms with Gasteiger partial charge in [-0.05, 0) is 36.6 Å². The number of nitrogens with two attached hydrogens (primary N) is 1. The van der Waals surface area contributed by atoms with E-state index in [1.807, 2.05) is 12.1 Å². The Labute approximate surface area is 95.0 Å². The zero-order valence-corrected chi connectivity index (χ0v) is 9.37. The van der Waals surface area contributed by atoms with E-state index in [1.54, 1.807) is 0 Å². The van der Waals surface area contributed by atoms with Gasteiger partial charge in [0.25, 0.3) is 0 Å². The maximum absolute atomic E-state index is 6.31. The van der Waals surface area contributed by atoms with Crippen molar-refractivity contribution in [3.05, 3.63) is 34.3 Å². The van der Waals surface area contributed by atoms with Gasteiger partial charge in [0.2, 0.25) is 0 Å². The second-order valence-electron chi connectivity index (χ2n) is 4.52. The van der Waals surface area contributed by atoms with Crippen LogP contribution in [0.4, 0.5) is 0 Å². The molecule has 2 nitrogen and oxygen atoms in total. The van der Waals surface area contributed by atoms with Gasteiger partial charge in [0.05, 0.1) is 0 Å². The van der Waals surface area contributed by atoms with Crippen molar-refractivity contribution in [3.8, 4) is 0 Å². The third kappa shape index (κ3) is 1.40. The van der Waals surface area contributed by atoms with E-state index in [2.05, 4.69) is 11.0 Å². The van der Waals surface area contributed by atoms with Crippen LogP contribution in [0.5, 0.6) is 0 Å². The van der Waals surface area contributed by atoms with Crippen LogP contribution in [0.1, 0.15) is 30.0 Å². The summed E-state index contributed by atoms with van der Waals surface area (Å²) in [5.41, 5.74) is 8.80. The summed E-state index contributed by atoms with van der Waals surface area (Å²) in [6, 6.07) is 6.73. The number of benzene rings is 1. The second-order valence-corrected chi connectivity index (χ2v) is 4.93. The van der Waals surface area contributed by atoms with E-state index in [1.165, 1.54) is 30.5 Å². The molecule has 3 heteroatoms. The number of fused-ring (bicyclic) bond motifs is 2. The van der Waals surface area contributed by atoms with Crippen molar-refractivity contribution >= 4 is 11.6 Å². The highest BCUT2D eigenvalue weighted by atomic mass is 35.5. The summed E-state index contributed by atoms with van der Waals surface area (Å²) in [6.45, 7) is 2.21. The van der Waals surface area contributed by atoms with Gasteiger partial charge in [-0.25, -0.2) is 0 Å². The molecule has 2 N–H and O–H groups in total. The first-order valence-electron chi connectivity index (χ1n) is 5.54. The van der Waals surface area contributed by atoms with Crippen LogP contribution in [0.15, 0.2) is 18.2 Å². The highest BCUT2D eigenvalue weighted by Gasteiger charge is 2.36. The highest BCUT2D eigenvalue weighted by Crippen LogP contribution is 2.38. The number of nitrogens with zero attached hydrogens (tertiary/aromatic N) is 1. The summed E-state index contributed by atoms with van der Waals surface area (Å²) in [6.07, 6.45) is 2.48. The van der Waals surface area contributed by atoms with Gasteiger partial charge in [0.1, 0.15) is 0 Å². The lowest BCUT2D eigenvalue weighted by Gasteiger charge is -2.36. The van der Waals surface area contributed by atoms with E-state index in [9.17, 15) is 0 Å². The molecule has 1 aromatic carbocycles. The molecule has 1 unspecified atom stereocenters. The van der Waals surface area contributed by atoms with Crippen molar-refractivity contribution in [3.63, 3.8) is 0 Å². The molecule has 2 atom stereocenters. The molecule has 1 saturated heterocycles.